The van der Waals surface area contributed by atoms with E-state index >= 15 is 0 Å². The summed E-state index contributed by atoms with van der Waals surface area (Å²) >= 11 is 0. The number of hydrogen-bond donors (Lipinski definition) is 2. The van der Waals surface area contributed by atoms with Crippen molar-refractivity contribution in [3.63, 3.8) is 0 Å². The molecule has 106 valence electrons. The third-order valence-corrected chi connectivity index (χ3v) is 2.84. The number of rotatable bonds is 7. The summed E-state index contributed by atoms with van der Waals surface area (Å²) in [6.45, 7) is 8.34. The van der Waals surface area contributed by atoms with Gasteiger partial charge in [-0.05, 0) is 19.9 Å². The minimum atomic E-state index is -0.890. The molecule has 2 N–H and O–H groups in total. The summed E-state index contributed by atoms with van der Waals surface area (Å²) < 4.78 is 5.67. The summed E-state index contributed by atoms with van der Waals surface area (Å²) in [5.41, 5.74) is 0.149. The van der Waals surface area contributed by atoms with Gasteiger partial charge in [0.1, 0.15) is 12.4 Å². The van der Waals surface area contributed by atoms with E-state index in [9.17, 15) is 4.79 Å². The Morgan fingerprint density at radius 2 is 2.00 bits per heavy atom. The molecule has 4 heteroatoms. The molecule has 0 saturated heterocycles. The van der Waals surface area contributed by atoms with Crippen molar-refractivity contribution in [1.82, 2.24) is 5.32 Å². The Labute approximate surface area is 114 Å². The monoisotopic (exact) mass is 265 g/mol. The Balaban J connectivity index is 2.70. The van der Waals surface area contributed by atoms with E-state index in [2.05, 4.69) is 19.2 Å². The molecule has 0 atom stereocenters. The smallest absolute Gasteiger partial charge is 0.312 e. The van der Waals surface area contributed by atoms with E-state index in [-0.39, 0.29) is 6.61 Å². The van der Waals surface area contributed by atoms with Crippen LogP contribution < -0.4 is 10.1 Å². The van der Waals surface area contributed by atoms with Crippen LogP contribution >= 0.6 is 0 Å². The van der Waals surface area contributed by atoms with E-state index in [1.54, 1.807) is 13.8 Å². The molecule has 19 heavy (non-hydrogen) atoms. The van der Waals surface area contributed by atoms with E-state index in [1.807, 2.05) is 24.3 Å². The quantitative estimate of drug-likeness (QED) is 0.795. The summed E-state index contributed by atoms with van der Waals surface area (Å²) in [4.78, 5) is 11.0. The lowest BCUT2D eigenvalue weighted by Crippen LogP contribution is -2.31. The van der Waals surface area contributed by atoms with E-state index in [0.717, 1.165) is 11.3 Å². The molecular weight excluding hydrogens is 242 g/mol. The van der Waals surface area contributed by atoms with Gasteiger partial charge in [0.05, 0.1) is 5.41 Å². The summed E-state index contributed by atoms with van der Waals surface area (Å²) in [5, 5.41) is 12.4. The minimum absolute atomic E-state index is 0.154. The van der Waals surface area contributed by atoms with Crippen molar-refractivity contribution in [3.8, 4) is 5.75 Å². The van der Waals surface area contributed by atoms with Gasteiger partial charge in [0.15, 0.2) is 0 Å². The van der Waals surface area contributed by atoms with Crippen LogP contribution in [0.3, 0.4) is 0 Å². The topological polar surface area (TPSA) is 58.6 Å². The first-order valence-corrected chi connectivity index (χ1v) is 6.50. The fourth-order valence-electron chi connectivity index (χ4n) is 1.42. The first-order chi connectivity index (χ1) is 8.83. The summed E-state index contributed by atoms with van der Waals surface area (Å²) in [5.74, 6) is -0.115. The number of benzene rings is 1. The number of carboxylic acids is 1. The van der Waals surface area contributed by atoms with Crippen LogP contribution in [0.4, 0.5) is 0 Å². The maximum atomic E-state index is 11.0. The van der Waals surface area contributed by atoms with Crippen LogP contribution in [-0.2, 0) is 11.3 Å². The van der Waals surface area contributed by atoms with Crippen LogP contribution in [0, 0.1) is 5.41 Å². The number of carbonyl (C=O) groups is 1. The van der Waals surface area contributed by atoms with Crippen molar-refractivity contribution in [2.24, 2.45) is 5.41 Å². The predicted molar refractivity (Wildman–Crippen MR) is 75.3 cm³/mol. The zero-order valence-corrected chi connectivity index (χ0v) is 12.1. The van der Waals surface area contributed by atoms with Crippen molar-refractivity contribution in [2.45, 2.75) is 40.3 Å². The van der Waals surface area contributed by atoms with Gasteiger partial charge in [0.2, 0.25) is 0 Å². The second kappa shape index (κ2) is 6.57. The van der Waals surface area contributed by atoms with Crippen molar-refractivity contribution in [3.05, 3.63) is 29.8 Å². The standard InChI is InChI=1S/C15H23NO3/c1-11(2)16-9-12-7-5-6-8-13(12)19-10-15(3,4)14(17)18/h5-8,11,16H,9-10H2,1-4H3,(H,17,18). The SMILES string of the molecule is CC(C)NCc1ccccc1OCC(C)(C)C(=O)O. The lowest BCUT2D eigenvalue weighted by molar-refractivity contribution is -0.148. The fourth-order valence-corrected chi connectivity index (χ4v) is 1.42. The van der Waals surface area contributed by atoms with Crippen molar-refractivity contribution < 1.29 is 14.6 Å². The number of carboxylic acid groups (broad SMARTS) is 1. The van der Waals surface area contributed by atoms with Gasteiger partial charge in [-0.2, -0.15) is 0 Å². The van der Waals surface area contributed by atoms with Crippen LogP contribution in [0.2, 0.25) is 0 Å². The average Bonchev–Trinajstić information content (AvgIpc) is 2.34. The highest BCUT2D eigenvalue weighted by atomic mass is 16.5. The second-order valence-electron chi connectivity index (χ2n) is 5.62. The van der Waals surface area contributed by atoms with Crippen LogP contribution in [0.1, 0.15) is 33.3 Å². The number of nitrogens with one attached hydrogen (secondary N) is 1. The molecule has 0 saturated carbocycles. The summed E-state index contributed by atoms with van der Waals surface area (Å²) in [7, 11) is 0. The van der Waals surface area contributed by atoms with Gasteiger partial charge in [0, 0.05) is 18.2 Å². The van der Waals surface area contributed by atoms with Crippen molar-refractivity contribution in [2.75, 3.05) is 6.61 Å². The molecule has 0 aliphatic carbocycles. The number of hydrogen-bond acceptors (Lipinski definition) is 3. The van der Waals surface area contributed by atoms with Crippen molar-refractivity contribution >= 4 is 5.97 Å². The summed E-state index contributed by atoms with van der Waals surface area (Å²) in [6, 6.07) is 8.09. The Morgan fingerprint density at radius 3 is 2.58 bits per heavy atom. The molecule has 0 unspecified atom stereocenters. The Hall–Kier alpha value is -1.55. The van der Waals surface area contributed by atoms with E-state index in [0.29, 0.717) is 12.6 Å². The van der Waals surface area contributed by atoms with E-state index in [4.69, 9.17) is 9.84 Å². The van der Waals surface area contributed by atoms with E-state index in [1.165, 1.54) is 0 Å². The zero-order chi connectivity index (χ0) is 14.5. The lowest BCUT2D eigenvalue weighted by Gasteiger charge is -2.21. The number of aliphatic carboxylic acids is 1. The maximum absolute atomic E-state index is 11.0. The molecule has 1 aromatic carbocycles. The number of ether oxygens (including phenoxy) is 1. The molecule has 0 aromatic heterocycles. The van der Waals surface area contributed by atoms with Gasteiger partial charge in [0.25, 0.3) is 0 Å². The minimum Gasteiger partial charge on any atom is -0.492 e. The van der Waals surface area contributed by atoms with Gasteiger partial charge in [-0.15, -0.1) is 0 Å². The first kappa shape index (κ1) is 15.5. The first-order valence-electron chi connectivity index (χ1n) is 6.50. The highest BCUT2D eigenvalue weighted by molar-refractivity contribution is 5.73. The highest BCUT2D eigenvalue weighted by Gasteiger charge is 2.28. The lowest BCUT2D eigenvalue weighted by atomic mass is 9.95. The van der Waals surface area contributed by atoms with Gasteiger partial charge < -0.3 is 15.2 Å². The molecule has 0 aliphatic rings. The molecule has 1 rings (SSSR count). The predicted octanol–water partition coefficient (Wildman–Crippen LogP) is 2.67. The molecule has 1 aromatic rings. The maximum Gasteiger partial charge on any atom is 0.312 e. The molecular formula is C15H23NO3. The largest absolute Gasteiger partial charge is 0.492 e. The zero-order valence-electron chi connectivity index (χ0n) is 12.1. The van der Waals surface area contributed by atoms with Crippen molar-refractivity contribution in [1.29, 1.82) is 0 Å². The molecule has 4 nitrogen and oxygen atoms in total. The molecule has 0 spiro atoms. The summed E-state index contributed by atoms with van der Waals surface area (Å²) in [6.07, 6.45) is 0. The van der Waals surface area contributed by atoms with Crippen LogP contribution in [-0.4, -0.2) is 23.7 Å². The number of para-hydroxylation sites is 1. The molecule has 0 heterocycles. The Morgan fingerprint density at radius 1 is 1.37 bits per heavy atom. The normalized spacial score (nSPS) is 11.6. The Kier molecular flexibility index (Phi) is 5.36. The molecule has 0 aliphatic heterocycles. The third kappa shape index (κ3) is 4.91. The third-order valence-electron chi connectivity index (χ3n) is 2.84. The van der Waals surface area contributed by atoms with Crippen LogP contribution in [0.5, 0.6) is 5.75 Å². The molecule has 0 radical (unpaired) electrons. The van der Waals surface area contributed by atoms with Gasteiger partial charge >= 0.3 is 5.97 Å². The average molecular weight is 265 g/mol. The van der Waals surface area contributed by atoms with Crippen LogP contribution in [0.15, 0.2) is 24.3 Å². The van der Waals surface area contributed by atoms with E-state index < -0.39 is 11.4 Å². The highest BCUT2D eigenvalue weighted by Crippen LogP contribution is 2.22. The van der Waals surface area contributed by atoms with Gasteiger partial charge in [-0.25, -0.2) is 0 Å². The van der Waals surface area contributed by atoms with Gasteiger partial charge in [-0.3, -0.25) is 4.79 Å². The fraction of sp³-hybridized carbons (Fsp3) is 0.533. The van der Waals surface area contributed by atoms with Crippen LogP contribution in [0.25, 0.3) is 0 Å². The Bertz CT molecular complexity index is 427. The molecule has 0 bridgehead atoms. The second-order valence-corrected chi connectivity index (χ2v) is 5.62. The molecule has 0 amide bonds. The molecule has 0 fully saturated rings. The van der Waals surface area contributed by atoms with Gasteiger partial charge in [-0.1, -0.05) is 32.0 Å².